The molecule has 102 valence electrons. The van der Waals surface area contributed by atoms with Gasteiger partial charge in [-0.1, -0.05) is 25.0 Å². The molecule has 0 spiro atoms. The van der Waals surface area contributed by atoms with E-state index in [-0.39, 0.29) is 0 Å². The summed E-state index contributed by atoms with van der Waals surface area (Å²) in [4.78, 5) is 2.47. The van der Waals surface area contributed by atoms with Crippen molar-refractivity contribution in [2.45, 2.75) is 44.1 Å². The first-order valence-electron chi connectivity index (χ1n) is 7.76. The fourth-order valence-corrected chi connectivity index (χ4v) is 4.43. The van der Waals surface area contributed by atoms with Gasteiger partial charge < -0.3 is 10.2 Å². The van der Waals surface area contributed by atoms with E-state index in [9.17, 15) is 0 Å². The van der Waals surface area contributed by atoms with Crippen LogP contribution in [-0.2, 0) is 0 Å². The van der Waals surface area contributed by atoms with Crippen LogP contribution in [0.5, 0.6) is 0 Å². The summed E-state index contributed by atoms with van der Waals surface area (Å²) in [5.74, 6) is 2.72. The first-order chi connectivity index (χ1) is 8.70. The predicted molar refractivity (Wildman–Crippen MR) is 76.6 cm³/mol. The highest BCUT2D eigenvalue weighted by atomic mass is 15.2. The second-order valence-corrected chi connectivity index (χ2v) is 7.00. The van der Waals surface area contributed by atoms with Crippen LogP contribution in [0.25, 0.3) is 0 Å². The summed E-state index contributed by atoms with van der Waals surface area (Å²) in [7, 11) is 4.51. The van der Waals surface area contributed by atoms with Gasteiger partial charge in [-0.05, 0) is 64.1 Å². The maximum absolute atomic E-state index is 3.80. The molecule has 0 aromatic rings. The molecule has 2 nitrogen and oxygen atoms in total. The highest BCUT2D eigenvalue weighted by molar-refractivity contribution is 5.10. The van der Waals surface area contributed by atoms with Crippen LogP contribution < -0.4 is 5.32 Å². The van der Waals surface area contributed by atoms with E-state index >= 15 is 0 Å². The molecule has 3 atom stereocenters. The first-order valence-corrected chi connectivity index (χ1v) is 7.76. The van der Waals surface area contributed by atoms with Gasteiger partial charge in [0, 0.05) is 12.1 Å². The summed E-state index contributed by atoms with van der Waals surface area (Å²) in [5, 5.41) is 3.80. The summed E-state index contributed by atoms with van der Waals surface area (Å²) >= 11 is 0. The van der Waals surface area contributed by atoms with Crippen molar-refractivity contribution in [2.75, 3.05) is 27.2 Å². The van der Waals surface area contributed by atoms with Gasteiger partial charge >= 0.3 is 0 Å². The number of hydrogen-bond acceptors (Lipinski definition) is 2. The molecule has 0 heterocycles. The third-order valence-corrected chi connectivity index (χ3v) is 5.76. The molecule has 0 aromatic carbocycles. The van der Waals surface area contributed by atoms with Gasteiger partial charge in [0.25, 0.3) is 0 Å². The van der Waals surface area contributed by atoms with Crippen molar-refractivity contribution in [3.8, 4) is 0 Å². The van der Waals surface area contributed by atoms with E-state index in [0.717, 1.165) is 17.8 Å². The van der Waals surface area contributed by atoms with E-state index in [1.807, 2.05) is 0 Å². The van der Waals surface area contributed by atoms with Gasteiger partial charge in [0.05, 0.1) is 0 Å². The Bertz CT molecular complexity index is 315. The Kier molecular flexibility index (Phi) is 3.50. The molecule has 3 unspecified atom stereocenters. The van der Waals surface area contributed by atoms with Crippen LogP contribution in [0.15, 0.2) is 12.2 Å². The van der Waals surface area contributed by atoms with Crippen molar-refractivity contribution in [1.82, 2.24) is 10.2 Å². The third kappa shape index (κ3) is 2.25. The molecule has 0 saturated heterocycles. The van der Waals surface area contributed by atoms with E-state index in [1.54, 1.807) is 0 Å². The molecule has 18 heavy (non-hydrogen) atoms. The lowest BCUT2D eigenvalue weighted by Gasteiger charge is -2.37. The minimum atomic E-state index is 0.452. The molecule has 0 amide bonds. The zero-order valence-electron chi connectivity index (χ0n) is 12.0. The van der Waals surface area contributed by atoms with E-state index in [0.29, 0.717) is 5.54 Å². The largest absolute Gasteiger partial charge is 0.315 e. The number of likely N-dealkylation sites (N-methyl/N-ethyl adjacent to an activating group) is 1. The summed E-state index contributed by atoms with van der Waals surface area (Å²) in [6.45, 7) is 2.43. The molecular formula is C16H28N2. The Labute approximate surface area is 112 Å². The van der Waals surface area contributed by atoms with Crippen LogP contribution in [0, 0.1) is 17.8 Å². The lowest BCUT2D eigenvalue weighted by Crippen LogP contribution is -2.50. The molecule has 1 N–H and O–H groups in total. The molecule has 2 bridgehead atoms. The average Bonchev–Trinajstić information content (AvgIpc) is 3.04. The quantitative estimate of drug-likeness (QED) is 0.753. The van der Waals surface area contributed by atoms with Crippen LogP contribution in [0.3, 0.4) is 0 Å². The molecular weight excluding hydrogens is 220 g/mol. The Hall–Kier alpha value is -0.340. The zero-order valence-corrected chi connectivity index (χ0v) is 12.0. The molecule has 0 aliphatic heterocycles. The Morgan fingerprint density at radius 1 is 1.17 bits per heavy atom. The lowest BCUT2D eigenvalue weighted by molar-refractivity contribution is 0.151. The minimum absolute atomic E-state index is 0.452. The number of hydrogen-bond donors (Lipinski definition) is 1. The molecule has 2 fully saturated rings. The standard InChI is InChI=1S/C16H28N2/c1-18(2)16(7-3-4-8-16)12-17-11-15-10-13-5-6-14(15)9-13/h5-6,13-15,17H,3-4,7-12H2,1-2H3. The van der Waals surface area contributed by atoms with Gasteiger partial charge in [-0.25, -0.2) is 0 Å². The van der Waals surface area contributed by atoms with E-state index < -0.39 is 0 Å². The molecule has 3 aliphatic rings. The Morgan fingerprint density at radius 3 is 2.50 bits per heavy atom. The molecule has 2 heteroatoms. The summed E-state index contributed by atoms with van der Waals surface area (Å²) in [5.41, 5.74) is 0.452. The molecule has 2 saturated carbocycles. The lowest BCUT2D eigenvalue weighted by atomic mass is 9.92. The minimum Gasteiger partial charge on any atom is -0.315 e. The fourth-order valence-electron chi connectivity index (χ4n) is 4.43. The highest BCUT2D eigenvalue weighted by Gasteiger charge is 2.38. The van der Waals surface area contributed by atoms with Crippen LogP contribution in [-0.4, -0.2) is 37.6 Å². The summed E-state index contributed by atoms with van der Waals surface area (Å²) in [6.07, 6.45) is 13.4. The van der Waals surface area contributed by atoms with Crippen LogP contribution in [0.4, 0.5) is 0 Å². The average molecular weight is 248 g/mol. The first kappa shape index (κ1) is 12.7. The molecule has 3 aliphatic carbocycles. The number of fused-ring (bicyclic) bond motifs is 2. The van der Waals surface area contributed by atoms with Crippen LogP contribution in [0.1, 0.15) is 38.5 Å². The second-order valence-electron chi connectivity index (χ2n) is 7.00. The van der Waals surface area contributed by atoms with E-state index in [4.69, 9.17) is 0 Å². The topological polar surface area (TPSA) is 15.3 Å². The van der Waals surface area contributed by atoms with Crippen molar-refractivity contribution in [2.24, 2.45) is 17.8 Å². The SMILES string of the molecule is CN(C)C1(CNCC2CC3C=CC2C3)CCCC1. The van der Waals surface area contributed by atoms with Gasteiger partial charge in [-0.3, -0.25) is 0 Å². The number of nitrogens with zero attached hydrogens (tertiary/aromatic N) is 1. The normalized spacial score (nSPS) is 36.9. The van der Waals surface area contributed by atoms with Crippen molar-refractivity contribution < 1.29 is 0 Å². The number of rotatable bonds is 5. The van der Waals surface area contributed by atoms with Crippen LogP contribution >= 0.6 is 0 Å². The molecule has 0 aromatic heterocycles. The summed E-state index contributed by atoms with van der Waals surface area (Å²) < 4.78 is 0. The predicted octanol–water partition coefficient (Wildman–Crippen LogP) is 2.66. The third-order valence-electron chi connectivity index (χ3n) is 5.76. The second kappa shape index (κ2) is 4.97. The van der Waals surface area contributed by atoms with E-state index in [1.165, 1.54) is 51.6 Å². The summed E-state index contributed by atoms with van der Waals surface area (Å²) in [6, 6.07) is 0. The van der Waals surface area contributed by atoms with E-state index in [2.05, 4.69) is 36.5 Å². The fraction of sp³-hybridized carbons (Fsp3) is 0.875. The molecule has 0 radical (unpaired) electrons. The Morgan fingerprint density at radius 2 is 1.94 bits per heavy atom. The smallest absolute Gasteiger partial charge is 0.0327 e. The molecule has 3 rings (SSSR count). The number of nitrogens with one attached hydrogen (secondary N) is 1. The van der Waals surface area contributed by atoms with Crippen molar-refractivity contribution in [3.63, 3.8) is 0 Å². The zero-order chi connectivity index (χ0) is 12.6. The highest BCUT2D eigenvalue weighted by Crippen LogP contribution is 2.43. The van der Waals surface area contributed by atoms with Gasteiger partial charge in [-0.15, -0.1) is 0 Å². The maximum Gasteiger partial charge on any atom is 0.0327 e. The Balaban J connectivity index is 1.48. The van der Waals surface area contributed by atoms with Crippen molar-refractivity contribution in [1.29, 1.82) is 0 Å². The van der Waals surface area contributed by atoms with Crippen molar-refractivity contribution >= 4 is 0 Å². The number of allylic oxidation sites excluding steroid dienone is 2. The van der Waals surface area contributed by atoms with Crippen molar-refractivity contribution in [3.05, 3.63) is 12.2 Å². The van der Waals surface area contributed by atoms with Gasteiger partial charge in [0.2, 0.25) is 0 Å². The van der Waals surface area contributed by atoms with Crippen LogP contribution in [0.2, 0.25) is 0 Å². The monoisotopic (exact) mass is 248 g/mol. The van der Waals surface area contributed by atoms with Gasteiger partial charge in [0.1, 0.15) is 0 Å². The van der Waals surface area contributed by atoms with Gasteiger partial charge in [-0.2, -0.15) is 0 Å². The maximum atomic E-state index is 3.80. The van der Waals surface area contributed by atoms with Gasteiger partial charge in [0.15, 0.2) is 0 Å².